The third kappa shape index (κ3) is 8.53. The Labute approximate surface area is 320 Å². The lowest BCUT2D eigenvalue weighted by atomic mass is 10.1. The predicted molar refractivity (Wildman–Crippen MR) is 208 cm³/mol. The number of sulfonamides is 2. The van der Waals surface area contributed by atoms with E-state index in [1.54, 1.807) is 31.0 Å². The summed E-state index contributed by atoms with van der Waals surface area (Å²) in [5.41, 5.74) is 3.37. The average molecular weight is 785 g/mol. The molecule has 16 heteroatoms. The highest BCUT2D eigenvalue weighted by molar-refractivity contribution is 7.89. The minimum Gasteiger partial charge on any atom is -0.497 e. The summed E-state index contributed by atoms with van der Waals surface area (Å²) in [5.74, 6) is 1.45. The fourth-order valence-electron chi connectivity index (χ4n) is 6.82. The van der Waals surface area contributed by atoms with E-state index in [1.807, 2.05) is 109 Å². The molecule has 0 aliphatic heterocycles. The van der Waals surface area contributed by atoms with Crippen LogP contribution in [0.3, 0.4) is 0 Å². The molecule has 2 saturated carbocycles. The van der Waals surface area contributed by atoms with Crippen molar-refractivity contribution in [1.82, 2.24) is 33.7 Å². The van der Waals surface area contributed by atoms with Gasteiger partial charge in [0.15, 0.2) is 10.1 Å². The van der Waals surface area contributed by atoms with Gasteiger partial charge in [0, 0.05) is 37.3 Å². The maximum Gasteiger partial charge on any atom is 0.263 e. The summed E-state index contributed by atoms with van der Waals surface area (Å²) in [5, 5.41) is 14.0. The normalized spacial score (nSPS) is 16.2. The van der Waals surface area contributed by atoms with E-state index in [0.29, 0.717) is 0 Å². The zero-order valence-electron chi connectivity index (χ0n) is 33.1. The highest BCUT2D eigenvalue weighted by Gasteiger charge is 2.51. The lowest BCUT2D eigenvalue weighted by Crippen LogP contribution is -2.30. The van der Waals surface area contributed by atoms with Crippen LogP contribution in [-0.4, -0.2) is 92.9 Å². The Morgan fingerprint density at radius 1 is 0.667 bits per heavy atom. The number of ether oxygens (including phenoxy) is 2. The van der Waals surface area contributed by atoms with Gasteiger partial charge in [0.1, 0.15) is 11.5 Å². The molecule has 296 valence electrons. The number of hydrogen-bond donors (Lipinski definition) is 1. The highest BCUT2D eigenvalue weighted by atomic mass is 32.2. The maximum atomic E-state index is 14.1. The quantitative estimate of drug-likeness (QED) is 0.172. The van der Waals surface area contributed by atoms with Crippen LogP contribution in [0, 0.1) is 0 Å². The van der Waals surface area contributed by atoms with Gasteiger partial charge in [-0.1, -0.05) is 24.3 Å². The SMILES string of the molecule is CC(C)n1nc(S(N)(=O)=O)cc1C1(N(C)C)CC1.COc1ccc(CN(Cc2ccc(OC)cc2)S(=O)(=O)c2cc(C3(N(C)C)CC3)n(C(C)C)n2)cc1. The summed E-state index contributed by atoms with van der Waals surface area (Å²) >= 11 is 0. The van der Waals surface area contributed by atoms with Crippen molar-refractivity contribution in [3.05, 3.63) is 83.2 Å². The Morgan fingerprint density at radius 2 is 1.02 bits per heavy atom. The van der Waals surface area contributed by atoms with Crippen LogP contribution < -0.4 is 14.6 Å². The molecular weight excluding hydrogens is 729 g/mol. The third-order valence-corrected chi connectivity index (χ3v) is 12.9. The first-order valence-corrected chi connectivity index (χ1v) is 21.1. The Balaban J connectivity index is 0.000000260. The van der Waals surface area contributed by atoms with Gasteiger partial charge in [0.25, 0.3) is 20.0 Å². The maximum absolute atomic E-state index is 14.1. The Hall–Kier alpha value is -3.80. The van der Waals surface area contributed by atoms with Gasteiger partial charge >= 0.3 is 0 Å². The van der Waals surface area contributed by atoms with Crippen molar-refractivity contribution in [2.24, 2.45) is 5.14 Å². The van der Waals surface area contributed by atoms with E-state index in [2.05, 4.69) is 20.0 Å². The second-order valence-corrected chi connectivity index (χ2v) is 18.6. The zero-order chi connectivity index (χ0) is 39.8. The fourth-order valence-corrected chi connectivity index (χ4v) is 8.65. The number of hydrogen-bond acceptors (Lipinski definition) is 10. The van der Waals surface area contributed by atoms with Gasteiger partial charge in [-0.25, -0.2) is 22.0 Å². The molecule has 4 aromatic rings. The molecule has 2 heterocycles. The van der Waals surface area contributed by atoms with Gasteiger partial charge in [-0.2, -0.15) is 14.5 Å². The van der Waals surface area contributed by atoms with Crippen LogP contribution in [0.2, 0.25) is 0 Å². The molecule has 0 radical (unpaired) electrons. The van der Waals surface area contributed by atoms with Gasteiger partial charge in [-0.05, 0) is 117 Å². The molecule has 2 aromatic heterocycles. The number of methoxy groups -OCH3 is 2. The predicted octanol–water partition coefficient (Wildman–Crippen LogP) is 5.09. The van der Waals surface area contributed by atoms with Gasteiger partial charge in [-0.3, -0.25) is 19.2 Å². The fraction of sp³-hybridized carbons (Fsp3) is 0.526. The molecule has 2 N–H and O–H groups in total. The van der Waals surface area contributed by atoms with E-state index < -0.39 is 20.0 Å². The highest BCUT2D eigenvalue weighted by Crippen LogP contribution is 2.51. The topological polar surface area (TPSA) is 158 Å². The molecule has 0 amide bonds. The molecule has 0 spiro atoms. The number of aromatic nitrogens is 4. The Morgan fingerprint density at radius 3 is 1.31 bits per heavy atom. The van der Waals surface area contributed by atoms with Crippen LogP contribution in [0.1, 0.15) is 88.0 Å². The molecule has 2 aliphatic rings. The first-order valence-electron chi connectivity index (χ1n) is 18.1. The molecule has 0 saturated heterocycles. The minimum absolute atomic E-state index is 0.0398. The van der Waals surface area contributed by atoms with Crippen molar-refractivity contribution >= 4 is 20.0 Å². The van der Waals surface area contributed by atoms with Gasteiger partial charge in [0.2, 0.25) is 0 Å². The molecular formula is C38H56N8O6S2. The molecule has 2 fully saturated rings. The van der Waals surface area contributed by atoms with E-state index in [4.69, 9.17) is 14.6 Å². The Bertz CT molecular complexity index is 2070. The lowest BCUT2D eigenvalue weighted by Gasteiger charge is -2.25. The van der Waals surface area contributed by atoms with Crippen LogP contribution in [-0.2, 0) is 44.2 Å². The summed E-state index contributed by atoms with van der Waals surface area (Å²) in [6, 6.07) is 18.4. The van der Waals surface area contributed by atoms with Crippen molar-refractivity contribution in [1.29, 1.82) is 0 Å². The number of benzene rings is 2. The van der Waals surface area contributed by atoms with E-state index in [9.17, 15) is 16.8 Å². The molecule has 14 nitrogen and oxygen atoms in total. The summed E-state index contributed by atoms with van der Waals surface area (Å²) in [4.78, 5) is 4.29. The van der Waals surface area contributed by atoms with Crippen molar-refractivity contribution in [2.45, 2.75) is 99.7 Å². The number of primary sulfonamides is 1. The Kier molecular flexibility index (Phi) is 12.1. The summed E-state index contributed by atoms with van der Waals surface area (Å²) in [6.45, 7) is 8.45. The van der Waals surface area contributed by atoms with Crippen molar-refractivity contribution in [3.63, 3.8) is 0 Å². The van der Waals surface area contributed by atoms with E-state index >= 15 is 0 Å². The molecule has 6 rings (SSSR count). The molecule has 0 unspecified atom stereocenters. The van der Waals surface area contributed by atoms with Crippen LogP contribution in [0.15, 0.2) is 70.7 Å². The lowest BCUT2D eigenvalue weighted by molar-refractivity contribution is 0.254. The monoisotopic (exact) mass is 784 g/mol. The largest absolute Gasteiger partial charge is 0.497 e. The third-order valence-electron chi connectivity index (χ3n) is 10.4. The van der Waals surface area contributed by atoms with E-state index in [0.717, 1.165) is 59.7 Å². The first kappa shape index (κ1) is 41.4. The summed E-state index contributed by atoms with van der Waals surface area (Å²) < 4.78 is 66.7. The first-order chi connectivity index (χ1) is 25.3. The van der Waals surface area contributed by atoms with E-state index in [1.165, 1.54) is 4.31 Å². The smallest absolute Gasteiger partial charge is 0.263 e. The van der Waals surface area contributed by atoms with Gasteiger partial charge in [0.05, 0.1) is 36.7 Å². The van der Waals surface area contributed by atoms with Crippen LogP contribution in [0.5, 0.6) is 11.5 Å². The number of rotatable bonds is 15. The zero-order valence-corrected chi connectivity index (χ0v) is 34.8. The van der Waals surface area contributed by atoms with Crippen LogP contribution in [0.4, 0.5) is 0 Å². The van der Waals surface area contributed by atoms with E-state index in [-0.39, 0.29) is 46.3 Å². The van der Waals surface area contributed by atoms with Crippen molar-refractivity contribution in [3.8, 4) is 11.5 Å². The van der Waals surface area contributed by atoms with Gasteiger partial charge < -0.3 is 9.47 Å². The van der Waals surface area contributed by atoms with Crippen molar-refractivity contribution < 1.29 is 26.3 Å². The number of nitrogens with two attached hydrogens (primary N) is 1. The average Bonchev–Trinajstić information content (AvgIpc) is 4.01. The molecule has 2 aromatic carbocycles. The minimum atomic E-state index is -3.90. The van der Waals surface area contributed by atoms with Gasteiger partial charge in [-0.15, -0.1) is 0 Å². The second-order valence-electron chi connectivity index (χ2n) is 15.2. The van der Waals surface area contributed by atoms with Crippen LogP contribution in [0.25, 0.3) is 0 Å². The summed E-state index contributed by atoms with van der Waals surface area (Å²) in [7, 11) is 3.65. The summed E-state index contributed by atoms with van der Waals surface area (Å²) in [6.07, 6.45) is 4.00. The number of nitrogens with zero attached hydrogens (tertiary/aromatic N) is 7. The standard InChI is InChI=1S/C27H36N4O4S.C11H20N4O2S/c1-20(2)31-25(27(15-16-27)29(3)4)17-26(28-31)36(32,33)30(18-21-7-11-23(34-5)12-8-21)19-22-9-13-24(35-6)14-10-22;1-8(2)15-9(11(5-6-11)14(3)4)7-10(13-15)18(12,16)17/h7-14,17,20H,15-16,18-19H2,1-6H3;7-8H,5-6H2,1-4H3,(H2,12,16,17). The second kappa shape index (κ2) is 15.7. The molecule has 0 bridgehead atoms. The van der Waals surface area contributed by atoms with Crippen LogP contribution >= 0.6 is 0 Å². The van der Waals surface area contributed by atoms with Crippen molar-refractivity contribution in [2.75, 3.05) is 42.4 Å². The molecule has 0 atom stereocenters. The molecule has 2 aliphatic carbocycles. The molecule has 54 heavy (non-hydrogen) atoms.